The fourth-order valence-corrected chi connectivity index (χ4v) is 3.34. The van der Waals surface area contributed by atoms with Crippen LogP contribution < -0.4 is 5.69 Å². The molecule has 0 aliphatic carbocycles. The lowest BCUT2D eigenvalue weighted by atomic mass is 9.93. The Kier molecular flexibility index (Phi) is 4.46. The van der Waals surface area contributed by atoms with Crippen molar-refractivity contribution < 1.29 is 9.90 Å². The molecule has 2 atom stereocenters. The Labute approximate surface area is 124 Å². The molecule has 2 unspecified atom stereocenters. The van der Waals surface area contributed by atoms with Crippen molar-refractivity contribution in [1.82, 2.24) is 14.5 Å². The van der Waals surface area contributed by atoms with Gasteiger partial charge < -0.3 is 10.0 Å². The maximum Gasteiger partial charge on any atom is 0.348 e. The van der Waals surface area contributed by atoms with E-state index < -0.39 is 5.97 Å². The van der Waals surface area contributed by atoms with E-state index in [1.165, 1.54) is 0 Å². The summed E-state index contributed by atoms with van der Waals surface area (Å²) < 4.78 is 1.71. The van der Waals surface area contributed by atoms with Crippen molar-refractivity contribution >= 4 is 5.97 Å². The number of aliphatic carboxylic acids is 1. The number of likely N-dealkylation sites (tertiary alicyclic amines) is 1. The fourth-order valence-electron chi connectivity index (χ4n) is 3.34. The number of carboxylic acid groups (broad SMARTS) is 1. The van der Waals surface area contributed by atoms with Crippen LogP contribution in [0, 0.1) is 19.8 Å². The minimum Gasteiger partial charge on any atom is -0.481 e. The lowest BCUT2D eigenvalue weighted by Gasteiger charge is -2.36. The van der Waals surface area contributed by atoms with Gasteiger partial charge in [0.25, 0.3) is 0 Å². The van der Waals surface area contributed by atoms with Gasteiger partial charge in [0, 0.05) is 29.5 Å². The summed E-state index contributed by atoms with van der Waals surface area (Å²) in [5.41, 5.74) is 1.67. The number of piperidine rings is 1. The fraction of sp³-hybridized carbons (Fsp3) is 0.667. The van der Waals surface area contributed by atoms with E-state index in [2.05, 4.69) is 23.9 Å². The van der Waals surface area contributed by atoms with Gasteiger partial charge in [0.15, 0.2) is 0 Å². The van der Waals surface area contributed by atoms with Crippen LogP contribution in [0.3, 0.4) is 0 Å². The molecule has 1 aromatic heterocycles. The number of carbonyl (C=O) groups is 1. The van der Waals surface area contributed by atoms with Crippen molar-refractivity contribution in [2.45, 2.75) is 39.7 Å². The highest BCUT2D eigenvalue weighted by Gasteiger charge is 2.28. The molecular formula is C15H23N3O3. The monoisotopic (exact) mass is 293 g/mol. The first-order chi connectivity index (χ1) is 9.81. The number of rotatable bonds is 3. The van der Waals surface area contributed by atoms with Crippen molar-refractivity contribution in [3.8, 4) is 0 Å². The summed E-state index contributed by atoms with van der Waals surface area (Å²) in [5, 5.41) is 9.05. The second kappa shape index (κ2) is 5.97. The van der Waals surface area contributed by atoms with Gasteiger partial charge in [0.1, 0.15) is 0 Å². The normalized spacial score (nSPS) is 23.2. The maximum absolute atomic E-state index is 12.3. The first-order valence-corrected chi connectivity index (χ1v) is 7.30. The van der Waals surface area contributed by atoms with Crippen molar-refractivity contribution in [3.63, 3.8) is 0 Å². The van der Waals surface area contributed by atoms with Gasteiger partial charge in [-0.3, -0.25) is 9.36 Å². The Hall–Kier alpha value is -1.69. The van der Waals surface area contributed by atoms with Crippen LogP contribution in [0.2, 0.25) is 0 Å². The molecule has 1 aromatic rings. The van der Waals surface area contributed by atoms with E-state index in [1.54, 1.807) is 11.5 Å². The molecule has 1 N–H and O–H groups in total. The van der Waals surface area contributed by atoms with E-state index in [1.807, 2.05) is 6.92 Å². The summed E-state index contributed by atoms with van der Waals surface area (Å²) >= 11 is 0. The van der Waals surface area contributed by atoms with Gasteiger partial charge in [-0.25, -0.2) is 4.79 Å². The molecule has 6 heteroatoms. The van der Waals surface area contributed by atoms with Crippen LogP contribution in [-0.2, 0) is 11.2 Å². The minimum atomic E-state index is -0.898. The molecule has 1 aliphatic heterocycles. The Bertz CT molecular complexity index is 609. The summed E-state index contributed by atoms with van der Waals surface area (Å²) in [6.45, 7) is 7.53. The van der Waals surface area contributed by atoms with Crippen molar-refractivity contribution in [2.24, 2.45) is 5.92 Å². The highest BCUT2D eigenvalue weighted by atomic mass is 16.4. The molecule has 1 saturated heterocycles. The van der Waals surface area contributed by atoms with Gasteiger partial charge in [-0.15, -0.1) is 0 Å². The third-order valence-corrected chi connectivity index (χ3v) is 4.43. The SMILES string of the molecule is Cc1nc(=O)n(C2CCN(C)CC2C)c(C)c1CC(=O)O. The minimum absolute atomic E-state index is 0.0913. The van der Waals surface area contributed by atoms with Crippen molar-refractivity contribution in [1.29, 1.82) is 0 Å². The quantitative estimate of drug-likeness (QED) is 0.900. The van der Waals surface area contributed by atoms with E-state index in [0.717, 1.165) is 25.2 Å². The van der Waals surface area contributed by atoms with E-state index in [9.17, 15) is 9.59 Å². The van der Waals surface area contributed by atoms with Crippen LogP contribution in [-0.4, -0.2) is 45.7 Å². The van der Waals surface area contributed by atoms with Crippen LogP contribution in [0.1, 0.15) is 36.3 Å². The van der Waals surface area contributed by atoms with Gasteiger partial charge in [-0.05, 0) is 39.8 Å². The van der Waals surface area contributed by atoms with Crippen LogP contribution in [0.25, 0.3) is 0 Å². The van der Waals surface area contributed by atoms with E-state index in [-0.39, 0.29) is 18.2 Å². The van der Waals surface area contributed by atoms with E-state index in [4.69, 9.17) is 5.11 Å². The molecule has 6 nitrogen and oxygen atoms in total. The van der Waals surface area contributed by atoms with Crippen LogP contribution >= 0.6 is 0 Å². The third kappa shape index (κ3) is 3.15. The highest BCUT2D eigenvalue weighted by Crippen LogP contribution is 2.28. The first kappa shape index (κ1) is 15.7. The third-order valence-electron chi connectivity index (χ3n) is 4.43. The second-order valence-electron chi connectivity index (χ2n) is 6.08. The Morgan fingerprint density at radius 1 is 1.43 bits per heavy atom. The van der Waals surface area contributed by atoms with Gasteiger partial charge in [-0.1, -0.05) is 6.92 Å². The summed E-state index contributed by atoms with van der Waals surface area (Å²) in [4.78, 5) is 29.6. The summed E-state index contributed by atoms with van der Waals surface area (Å²) in [6, 6.07) is 0.0920. The van der Waals surface area contributed by atoms with E-state index >= 15 is 0 Å². The molecule has 116 valence electrons. The Morgan fingerprint density at radius 2 is 2.10 bits per heavy atom. The zero-order valence-corrected chi connectivity index (χ0v) is 13.1. The highest BCUT2D eigenvalue weighted by molar-refractivity contribution is 5.70. The molecule has 0 radical (unpaired) electrons. The molecule has 0 spiro atoms. The zero-order chi connectivity index (χ0) is 15.7. The largest absolute Gasteiger partial charge is 0.481 e. The lowest BCUT2D eigenvalue weighted by molar-refractivity contribution is -0.136. The Morgan fingerprint density at radius 3 is 2.67 bits per heavy atom. The number of hydrogen-bond donors (Lipinski definition) is 1. The Balaban J connectivity index is 2.48. The average Bonchev–Trinajstić information content (AvgIpc) is 2.36. The van der Waals surface area contributed by atoms with E-state index in [0.29, 0.717) is 17.2 Å². The molecule has 2 heterocycles. The number of hydrogen-bond acceptors (Lipinski definition) is 4. The van der Waals surface area contributed by atoms with Crippen molar-refractivity contribution in [3.05, 3.63) is 27.4 Å². The predicted octanol–water partition coefficient (Wildman–Crippen LogP) is 1.000. The smallest absolute Gasteiger partial charge is 0.348 e. The summed E-state index contributed by atoms with van der Waals surface area (Å²) in [5.74, 6) is -0.563. The zero-order valence-electron chi connectivity index (χ0n) is 13.1. The predicted molar refractivity (Wildman–Crippen MR) is 79.6 cm³/mol. The van der Waals surface area contributed by atoms with Gasteiger partial charge >= 0.3 is 11.7 Å². The topological polar surface area (TPSA) is 75.4 Å². The second-order valence-corrected chi connectivity index (χ2v) is 6.08. The summed E-state index contributed by atoms with van der Waals surface area (Å²) in [7, 11) is 2.07. The number of aromatic nitrogens is 2. The number of aryl methyl sites for hydroxylation is 1. The standard InChI is InChI=1S/C15H23N3O3/c1-9-8-17(4)6-5-13(9)18-11(3)12(7-14(19)20)10(2)16-15(18)21/h9,13H,5-8H2,1-4H3,(H,19,20). The molecule has 0 amide bonds. The van der Waals surface area contributed by atoms with Crippen LogP contribution in [0.4, 0.5) is 0 Å². The van der Waals surface area contributed by atoms with Crippen LogP contribution in [0.15, 0.2) is 4.79 Å². The molecule has 21 heavy (non-hydrogen) atoms. The molecule has 0 bridgehead atoms. The van der Waals surface area contributed by atoms with Gasteiger partial charge in [-0.2, -0.15) is 4.98 Å². The lowest BCUT2D eigenvalue weighted by Crippen LogP contribution is -2.42. The molecular weight excluding hydrogens is 270 g/mol. The summed E-state index contributed by atoms with van der Waals surface area (Å²) in [6.07, 6.45) is 0.793. The molecule has 2 rings (SSSR count). The van der Waals surface area contributed by atoms with Crippen molar-refractivity contribution in [2.75, 3.05) is 20.1 Å². The van der Waals surface area contributed by atoms with Crippen LogP contribution in [0.5, 0.6) is 0 Å². The molecule has 1 aliphatic rings. The first-order valence-electron chi connectivity index (χ1n) is 7.30. The molecule has 1 fully saturated rings. The maximum atomic E-state index is 12.3. The average molecular weight is 293 g/mol. The number of carboxylic acids is 1. The van der Waals surface area contributed by atoms with Gasteiger partial charge in [0.2, 0.25) is 0 Å². The number of nitrogens with zero attached hydrogens (tertiary/aromatic N) is 3. The molecule has 0 aromatic carbocycles. The molecule has 0 saturated carbocycles. The van der Waals surface area contributed by atoms with Gasteiger partial charge in [0.05, 0.1) is 6.42 Å².